The van der Waals surface area contributed by atoms with Crippen LogP contribution in [0.2, 0.25) is 0 Å². The number of nitrogens with two attached hydrogens (primary N) is 1. The van der Waals surface area contributed by atoms with Gasteiger partial charge in [0, 0.05) is 43.6 Å². The molecular formula is C16H29N3S. The summed E-state index contributed by atoms with van der Waals surface area (Å²) in [7, 11) is 0. The number of thiophene rings is 1. The van der Waals surface area contributed by atoms with Crippen LogP contribution in [0.3, 0.4) is 0 Å². The SMILES string of the molecule is CCC(N)C(c1cccs1)N1CCN(CC(C)C)CC1. The first-order valence-electron chi connectivity index (χ1n) is 7.87. The molecule has 1 aliphatic heterocycles. The van der Waals surface area contributed by atoms with Crippen molar-refractivity contribution in [2.75, 3.05) is 32.7 Å². The van der Waals surface area contributed by atoms with Crippen molar-refractivity contribution in [3.05, 3.63) is 22.4 Å². The van der Waals surface area contributed by atoms with Crippen LogP contribution in [0, 0.1) is 5.92 Å². The predicted molar refractivity (Wildman–Crippen MR) is 88.2 cm³/mol. The van der Waals surface area contributed by atoms with Crippen molar-refractivity contribution in [3.63, 3.8) is 0 Å². The Morgan fingerprint density at radius 2 is 1.95 bits per heavy atom. The molecule has 0 aromatic carbocycles. The van der Waals surface area contributed by atoms with E-state index in [1.165, 1.54) is 24.5 Å². The van der Waals surface area contributed by atoms with Gasteiger partial charge in [-0.1, -0.05) is 26.8 Å². The van der Waals surface area contributed by atoms with Crippen LogP contribution in [0.15, 0.2) is 17.5 Å². The zero-order valence-electron chi connectivity index (χ0n) is 13.1. The maximum atomic E-state index is 6.41. The van der Waals surface area contributed by atoms with E-state index in [1.54, 1.807) is 0 Å². The molecule has 20 heavy (non-hydrogen) atoms. The lowest BCUT2D eigenvalue weighted by Crippen LogP contribution is -2.51. The molecule has 1 aromatic heterocycles. The van der Waals surface area contributed by atoms with Gasteiger partial charge in [-0.3, -0.25) is 4.90 Å². The first kappa shape index (κ1) is 16.0. The molecule has 4 heteroatoms. The van der Waals surface area contributed by atoms with Crippen molar-refractivity contribution in [1.82, 2.24) is 9.80 Å². The molecule has 114 valence electrons. The zero-order valence-corrected chi connectivity index (χ0v) is 13.9. The molecule has 0 radical (unpaired) electrons. The van der Waals surface area contributed by atoms with E-state index in [4.69, 9.17) is 5.73 Å². The Morgan fingerprint density at radius 3 is 2.45 bits per heavy atom. The molecule has 0 spiro atoms. The van der Waals surface area contributed by atoms with E-state index in [0.29, 0.717) is 6.04 Å². The zero-order chi connectivity index (χ0) is 14.5. The topological polar surface area (TPSA) is 32.5 Å². The van der Waals surface area contributed by atoms with E-state index in [9.17, 15) is 0 Å². The van der Waals surface area contributed by atoms with Crippen molar-refractivity contribution in [3.8, 4) is 0 Å². The van der Waals surface area contributed by atoms with Crippen LogP contribution in [0.1, 0.15) is 38.1 Å². The summed E-state index contributed by atoms with van der Waals surface area (Å²) in [6.45, 7) is 12.7. The van der Waals surface area contributed by atoms with Gasteiger partial charge in [-0.05, 0) is 23.8 Å². The van der Waals surface area contributed by atoms with Crippen molar-refractivity contribution in [2.45, 2.75) is 39.3 Å². The van der Waals surface area contributed by atoms with Gasteiger partial charge in [-0.2, -0.15) is 0 Å². The minimum absolute atomic E-state index is 0.241. The lowest BCUT2D eigenvalue weighted by atomic mass is 10.0. The number of nitrogens with zero attached hydrogens (tertiary/aromatic N) is 2. The highest BCUT2D eigenvalue weighted by atomic mass is 32.1. The van der Waals surface area contributed by atoms with E-state index in [1.807, 2.05) is 11.3 Å². The molecule has 0 aliphatic carbocycles. The summed E-state index contributed by atoms with van der Waals surface area (Å²) in [5.41, 5.74) is 6.41. The van der Waals surface area contributed by atoms with Gasteiger partial charge in [0.1, 0.15) is 0 Å². The molecule has 2 atom stereocenters. The van der Waals surface area contributed by atoms with Gasteiger partial charge in [0.05, 0.1) is 6.04 Å². The Kier molecular flexibility index (Phi) is 6.02. The molecule has 3 nitrogen and oxygen atoms in total. The third-order valence-electron chi connectivity index (χ3n) is 4.14. The summed E-state index contributed by atoms with van der Waals surface area (Å²) < 4.78 is 0. The smallest absolute Gasteiger partial charge is 0.0594 e. The Bertz CT molecular complexity index is 369. The second kappa shape index (κ2) is 7.55. The van der Waals surface area contributed by atoms with Crippen LogP contribution in [0.4, 0.5) is 0 Å². The summed E-state index contributed by atoms with van der Waals surface area (Å²) in [5.74, 6) is 0.757. The highest BCUT2D eigenvalue weighted by molar-refractivity contribution is 7.10. The molecule has 1 aromatic rings. The van der Waals surface area contributed by atoms with E-state index < -0.39 is 0 Å². The first-order chi connectivity index (χ1) is 9.61. The molecule has 0 amide bonds. The van der Waals surface area contributed by atoms with Crippen LogP contribution in [0.25, 0.3) is 0 Å². The molecule has 0 saturated carbocycles. The van der Waals surface area contributed by atoms with Crippen LogP contribution in [-0.2, 0) is 0 Å². The second-order valence-electron chi connectivity index (χ2n) is 6.26. The van der Waals surface area contributed by atoms with Crippen LogP contribution in [0.5, 0.6) is 0 Å². The van der Waals surface area contributed by atoms with Crippen molar-refractivity contribution in [2.24, 2.45) is 11.7 Å². The standard InChI is InChI=1S/C16H29N3S/c1-4-14(17)16(15-6-5-11-20-15)19-9-7-18(8-10-19)12-13(2)3/h5-6,11,13-14,16H,4,7-10,12,17H2,1-3H3. The normalized spacial score (nSPS) is 21.2. The van der Waals surface area contributed by atoms with E-state index >= 15 is 0 Å². The monoisotopic (exact) mass is 295 g/mol. The second-order valence-corrected chi connectivity index (χ2v) is 7.24. The van der Waals surface area contributed by atoms with Gasteiger partial charge in [-0.25, -0.2) is 0 Å². The van der Waals surface area contributed by atoms with Gasteiger partial charge in [0.2, 0.25) is 0 Å². The maximum Gasteiger partial charge on any atom is 0.0594 e. The molecular weight excluding hydrogens is 266 g/mol. The van der Waals surface area contributed by atoms with Crippen molar-refractivity contribution >= 4 is 11.3 Å². The third kappa shape index (κ3) is 4.04. The average molecular weight is 295 g/mol. The van der Waals surface area contributed by atoms with Gasteiger partial charge in [0.25, 0.3) is 0 Å². The highest BCUT2D eigenvalue weighted by Crippen LogP contribution is 2.29. The van der Waals surface area contributed by atoms with Crippen LogP contribution >= 0.6 is 11.3 Å². The van der Waals surface area contributed by atoms with E-state index in [0.717, 1.165) is 25.4 Å². The van der Waals surface area contributed by atoms with Gasteiger partial charge >= 0.3 is 0 Å². The van der Waals surface area contributed by atoms with Gasteiger partial charge < -0.3 is 10.6 Å². The fourth-order valence-corrected chi connectivity index (χ4v) is 4.02. The minimum atomic E-state index is 0.241. The third-order valence-corrected chi connectivity index (χ3v) is 5.08. The Labute approximate surface area is 127 Å². The van der Waals surface area contributed by atoms with E-state index in [2.05, 4.69) is 48.1 Å². The summed E-state index contributed by atoms with van der Waals surface area (Å²) in [4.78, 5) is 6.61. The molecule has 1 fully saturated rings. The Hall–Kier alpha value is -0.420. The van der Waals surface area contributed by atoms with Gasteiger partial charge in [0.15, 0.2) is 0 Å². The fraction of sp³-hybridized carbons (Fsp3) is 0.750. The van der Waals surface area contributed by atoms with Crippen LogP contribution in [-0.4, -0.2) is 48.6 Å². The van der Waals surface area contributed by atoms with Gasteiger partial charge in [-0.15, -0.1) is 11.3 Å². The lowest BCUT2D eigenvalue weighted by molar-refractivity contribution is 0.0789. The Morgan fingerprint density at radius 1 is 1.25 bits per heavy atom. The summed E-state index contributed by atoms with van der Waals surface area (Å²) in [6, 6.07) is 5.03. The quantitative estimate of drug-likeness (QED) is 0.876. The number of rotatable bonds is 6. The fourth-order valence-electron chi connectivity index (χ4n) is 3.09. The molecule has 2 N–H and O–H groups in total. The van der Waals surface area contributed by atoms with Crippen LogP contribution < -0.4 is 5.73 Å². The minimum Gasteiger partial charge on any atom is -0.326 e. The van der Waals surface area contributed by atoms with Crippen molar-refractivity contribution in [1.29, 1.82) is 0 Å². The number of hydrogen-bond donors (Lipinski definition) is 1. The number of hydrogen-bond acceptors (Lipinski definition) is 4. The molecule has 2 heterocycles. The molecule has 1 saturated heterocycles. The molecule has 0 bridgehead atoms. The Balaban J connectivity index is 1.98. The summed E-state index contributed by atoms with van der Waals surface area (Å²) in [6.07, 6.45) is 1.04. The summed E-state index contributed by atoms with van der Waals surface area (Å²) >= 11 is 1.84. The van der Waals surface area contributed by atoms with E-state index in [-0.39, 0.29) is 6.04 Å². The largest absolute Gasteiger partial charge is 0.326 e. The number of piperazine rings is 1. The molecule has 1 aliphatic rings. The first-order valence-corrected chi connectivity index (χ1v) is 8.75. The molecule has 2 rings (SSSR count). The highest BCUT2D eigenvalue weighted by Gasteiger charge is 2.29. The lowest BCUT2D eigenvalue weighted by Gasteiger charge is -2.41. The maximum absolute atomic E-state index is 6.41. The van der Waals surface area contributed by atoms with Crippen molar-refractivity contribution < 1.29 is 0 Å². The molecule has 2 unspecified atom stereocenters. The summed E-state index contributed by atoms with van der Waals surface area (Å²) in [5, 5.41) is 2.17. The average Bonchev–Trinajstić information content (AvgIpc) is 2.94. The predicted octanol–water partition coefficient (Wildman–Crippen LogP) is 2.80.